The first-order chi connectivity index (χ1) is 27.4. The fourth-order valence-corrected chi connectivity index (χ4v) is 8.03. The maximum absolute atomic E-state index is 13.6. The zero-order valence-corrected chi connectivity index (χ0v) is 34.6. The smallest absolute Gasteiger partial charge is 0.409 e. The molecule has 0 saturated carbocycles. The van der Waals surface area contributed by atoms with Crippen molar-refractivity contribution in [3.8, 4) is 0 Å². The van der Waals surface area contributed by atoms with Crippen molar-refractivity contribution >= 4 is 41.5 Å². The molecule has 1 spiro atoms. The Labute approximate surface area is 340 Å². The lowest BCUT2D eigenvalue weighted by Gasteiger charge is -2.38. The fourth-order valence-electron chi connectivity index (χ4n) is 8.03. The van der Waals surface area contributed by atoms with Crippen molar-refractivity contribution in [2.45, 2.75) is 118 Å². The first kappa shape index (κ1) is 45.2. The van der Waals surface area contributed by atoms with Gasteiger partial charge in [0.15, 0.2) is 11.6 Å². The number of hydrogen-bond acceptors (Lipinski definition) is 10. The van der Waals surface area contributed by atoms with Crippen molar-refractivity contribution in [1.29, 1.82) is 5.53 Å². The monoisotopic (exact) mass is 802 g/mol. The number of nitrogens with zero attached hydrogens (tertiary/aromatic N) is 2. The largest absolute Gasteiger partial charge is 0.449 e. The van der Waals surface area contributed by atoms with Gasteiger partial charge in [0, 0.05) is 22.3 Å². The Morgan fingerprint density at radius 1 is 0.828 bits per heavy atom. The van der Waals surface area contributed by atoms with Crippen molar-refractivity contribution in [3.05, 3.63) is 70.8 Å². The predicted molar refractivity (Wildman–Crippen MR) is 214 cm³/mol. The summed E-state index contributed by atoms with van der Waals surface area (Å²) in [5.74, 6) is -3.71. The molecule has 15 heteroatoms. The summed E-state index contributed by atoms with van der Waals surface area (Å²) >= 11 is 0. The predicted octanol–water partition coefficient (Wildman–Crippen LogP) is 7.23. The number of Topliss-reactive ketones (excluding diaryl/α,β-unsaturated/α-hetero) is 2. The van der Waals surface area contributed by atoms with Gasteiger partial charge in [-0.15, -0.1) is 5.11 Å². The van der Waals surface area contributed by atoms with Gasteiger partial charge in [0.2, 0.25) is 5.91 Å². The lowest BCUT2D eigenvalue weighted by atomic mass is 9.74. The molecule has 314 valence electrons. The SMILES string of the molecule is CCCCC[C@@H](C(=O)c1ccccc1C(=O)N=N)C(=O)C1NC(=O)OCC1(C)C.CCCCC[C@@H]1N(C(=O)c2ccccc2C(N)=O)[C@@]12NC(=O)OCC(C)(C)[C@@H]2C. The zero-order valence-electron chi connectivity index (χ0n) is 34.6. The van der Waals surface area contributed by atoms with Crippen LogP contribution in [0.25, 0.3) is 0 Å². The molecule has 2 aromatic carbocycles. The molecule has 0 radical (unpaired) electrons. The van der Waals surface area contributed by atoms with Crippen LogP contribution >= 0.6 is 0 Å². The number of unbranched alkanes of at least 4 members (excludes halogenated alkanes) is 4. The van der Waals surface area contributed by atoms with E-state index >= 15 is 0 Å². The number of rotatable bonds is 15. The number of alkyl carbamates (subject to hydrolysis) is 2. The van der Waals surface area contributed by atoms with Crippen molar-refractivity contribution in [2.75, 3.05) is 13.2 Å². The number of benzene rings is 2. The summed E-state index contributed by atoms with van der Waals surface area (Å²) in [6, 6.07) is 11.6. The number of nitrogens with one attached hydrogen (secondary N) is 3. The third-order valence-corrected chi connectivity index (χ3v) is 11.8. The molecule has 3 saturated heterocycles. The maximum atomic E-state index is 13.6. The molecule has 5 amide bonds. The molecule has 5 rings (SSSR count). The second-order valence-electron chi connectivity index (χ2n) is 16.8. The van der Waals surface area contributed by atoms with E-state index < -0.39 is 58.6 Å². The van der Waals surface area contributed by atoms with E-state index in [-0.39, 0.29) is 58.7 Å². The number of carbonyl (C=O) groups is 7. The highest BCUT2D eigenvalue weighted by Gasteiger charge is 2.71. The molecule has 5 N–H and O–H groups in total. The number of hydrogen-bond donors (Lipinski definition) is 4. The molecule has 3 aliphatic heterocycles. The second kappa shape index (κ2) is 18.9. The van der Waals surface area contributed by atoms with Gasteiger partial charge in [-0.05, 0) is 31.0 Å². The average molecular weight is 803 g/mol. The Hall–Kier alpha value is -5.47. The standard InChI is InChI=1S/C22H31N3O4.C21H27N3O5/c1-5-6-7-12-17-22(14(2)21(3,4)13-29-20(28)24-22)25(17)19(27)16-11-9-8-10-15(16)18(23)26;1-4-5-6-11-15(17(26)18-21(2,3)12-29-20(28)23-18)16(25)13-9-7-8-10-14(13)19(27)24-22/h8-11,14,17H,5-7,12-13H2,1-4H3,(H2,23,26)(H,24,28);7-10,15,18,22H,4-6,11-12H2,1-3H3,(H,23,28)/t14-,17-,22+,25?;15-,18?/m00/s1. The molecule has 15 nitrogen and oxygen atoms in total. The number of amides is 5. The minimum absolute atomic E-state index is 0.00364. The van der Waals surface area contributed by atoms with Gasteiger partial charge < -0.3 is 25.4 Å². The number of nitrogens with two attached hydrogens (primary N) is 1. The Kier molecular flexibility index (Phi) is 14.7. The Bertz CT molecular complexity index is 1910. The van der Waals surface area contributed by atoms with Gasteiger partial charge in [0.25, 0.3) is 11.8 Å². The van der Waals surface area contributed by atoms with Gasteiger partial charge in [-0.2, -0.15) is 0 Å². The van der Waals surface area contributed by atoms with Crippen molar-refractivity contribution in [2.24, 2.45) is 33.5 Å². The van der Waals surface area contributed by atoms with Crippen LogP contribution in [-0.4, -0.2) is 77.3 Å². The van der Waals surface area contributed by atoms with Crippen LogP contribution in [0, 0.1) is 28.2 Å². The number of cyclic esters (lactones) is 2. The Balaban J connectivity index is 0.000000257. The molecule has 1 unspecified atom stereocenters. The van der Waals surface area contributed by atoms with Crippen LogP contribution in [0.5, 0.6) is 0 Å². The lowest BCUT2D eigenvalue weighted by Crippen LogP contribution is -2.58. The van der Waals surface area contributed by atoms with Crippen molar-refractivity contribution in [1.82, 2.24) is 15.5 Å². The lowest BCUT2D eigenvalue weighted by molar-refractivity contribution is -0.128. The van der Waals surface area contributed by atoms with E-state index in [1.165, 1.54) is 12.1 Å². The van der Waals surface area contributed by atoms with Crippen LogP contribution in [0.15, 0.2) is 53.6 Å². The summed E-state index contributed by atoms with van der Waals surface area (Å²) in [5, 5.41) is 8.45. The van der Waals surface area contributed by atoms with Gasteiger partial charge in [-0.3, -0.25) is 29.3 Å². The molecule has 0 bridgehead atoms. The Morgan fingerprint density at radius 3 is 1.98 bits per heavy atom. The van der Waals surface area contributed by atoms with Crippen molar-refractivity contribution < 1.29 is 43.0 Å². The van der Waals surface area contributed by atoms with Crippen LogP contribution in [0.3, 0.4) is 0 Å². The summed E-state index contributed by atoms with van der Waals surface area (Å²) in [6.45, 7) is 14.2. The van der Waals surface area contributed by atoms with Crippen LogP contribution in [0.4, 0.5) is 9.59 Å². The van der Waals surface area contributed by atoms with Crippen LogP contribution in [0.1, 0.15) is 141 Å². The van der Waals surface area contributed by atoms with Gasteiger partial charge >= 0.3 is 12.2 Å². The van der Waals surface area contributed by atoms with E-state index in [0.717, 1.165) is 38.5 Å². The average Bonchev–Trinajstić information content (AvgIpc) is 3.86. The van der Waals surface area contributed by atoms with Crippen molar-refractivity contribution in [3.63, 3.8) is 0 Å². The Morgan fingerprint density at radius 2 is 1.38 bits per heavy atom. The third-order valence-electron chi connectivity index (χ3n) is 11.8. The quantitative estimate of drug-likeness (QED) is 0.0468. The van der Waals surface area contributed by atoms with Crippen LogP contribution < -0.4 is 16.4 Å². The van der Waals surface area contributed by atoms with E-state index in [9.17, 15) is 33.6 Å². The van der Waals surface area contributed by atoms with E-state index in [2.05, 4.69) is 29.6 Å². The molecule has 3 heterocycles. The number of carbonyl (C=O) groups excluding carboxylic acids is 7. The summed E-state index contributed by atoms with van der Waals surface area (Å²) in [7, 11) is 0. The summed E-state index contributed by atoms with van der Waals surface area (Å²) in [5.41, 5.74) is 11.2. The molecule has 3 aliphatic rings. The van der Waals surface area contributed by atoms with Gasteiger partial charge in [-0.1, -0.05) is 117 Å². The first-order valence-electron chi connectivity index (χ1n) is 20.1. The minimum atomic E-state index is -1.01. The normalized spacial score (nSPS) is 23.3. The highest BCUT2D eigenvalue weighted by atomic mass is 16.6. The summed E-state index contributed by atoms with van der Waals surface area (Å²) in [6.07, 6.45) is 5.39. The highest BCUT2D eigenvalue weighted by Crippen LogP contribution is 2.54. The molecule has 5 atom stereocenters. The highest BCUT2D eigenvalue weighted by molar-refractivity contribution is 6.17. The van der Waals surface area contributed by atoms with E-state index in [1.54, 1.807) is 55.1 Å². The minimum Gasteiger partial charge on any atom is -0.449 e. The molecule has 0 aromatic heterocycles. The van der Waals surface area contributed by atoms with Gasteiger partial charge in [0.1, 0.15) is 12.3 Å². The second-order valence-corrected chi connectivity index (χ2v) is 16.8. The molecule has 2 aromatic rings. The maximum Gasteiger partial charge on any atom is 0.409 e. The molecule has 3 fully saturated rings. The topological polar surface area (TPSA) is 227 Å². The molecule has 0 aliphatic carbocycles. The van der Waals surface area contributed by atoms with Gasteiger partial charge in [-0.25, -0.2) is 15.1 Å². The van der Waals surface area contributed by atoms with E-state index in [0.29, 0.717) is 12.8 Å². The van der Waals surface area contributed by atoms with Gasteiger partial charge in [0.05, 0.1) is 41.3 Å². The number of ketones is 2. The number of ether oxygens (including phenoxy) is 2. The first-order valence-corrected chi connectivity index (χ1v) is 20.1. The zero-order chi connectivity index (χ0) is 43.0. The fraction of sp³-hybridized carbons (Fsp3) is 0.558. The van der Waals surface area contributed by atoms with Crippen LogP contribution in [-0.2, 0) is 14.3 Å². The van der Waals surface area contributed by atoms with Crippen LogP contribution in [0.2, 0.25) is 0 Å². The molecular weight excluding hydrogens is 745 g/mol. The molecular formula is C43H58N6O9. The van der Waals surface area contributed by atoms with E-state index in [1.807, 2.05) is 20.8 Å². The van der Waals surface area contributed by atoms with E-state index in [4.69, 9.17) is 20.7 Å². The molecule has 58 heavy (non-hydrogen) atoms. The number of primary amides is 1. The third kappa shape index (κ3) is 9.62. The summed E-state index contributed by atoms with van der Waals surface area (Å²) < 4.78 is 10.4. The summed E-state index contributed by atoms with van der Waals surface area (Å²) in [4.78, 5) is 89.9.